The minimum absolute atomic E-state index is 0.184. The van der Waals surface area contributed by atoms with E-state index >= 15 is 0 Å². The third-order valence-corrected chi connectivity index (χ3v) is 4.68. The molecular formula is C18H13NO5S. The topological polar surface area (TPSA) is 65.1 Å². The first-order valence-corrected chi connectivity index (χ1v) is 8.29. The van der Waals surface area contributed by atoms with Crippen LogP contribution in [-0.2, 0) is 4.79 Å². The molecule has 1 fully saturated rings. The first-order chi connectivity index (χ1) is 12.2. The SMILES string of the molecule is COc1ccccc1N1C(=O)S/C(=C\c2ccc3c(c2)OCO3)C1=O. The summed E-state index contributed by atoms with van der Waals surface area (Å²) >= 11 is 0.895. The second-order valence-corrected chi connectivity index (χ2v) is 6.29. The number of benzene rings is 2. The number of carbonyl (C=O) groups excluding carboxylic acids is 2. The number of para-hydroxylation sites is 2. The third kappa shape index (κ3) is 2.72. The fourth-order valence-electron chi connectivity index (χ4n) is 2.64. The minimum atomic E-state index is -0.378. The summed E-state index contributed by atoms with van der Waals surface area (Å²) in [5.74, 6) is 1.38. The van der Waals surface area contributed by atoms with Crippen LogP contribution in [0, 0.1) is 0 Å². The summed E-state index contributed by atoms with van der Waals surface area (Å²) in [6, 6.07) is 12.3. The van der Waals surface area contributed by atoms with E-state index in [9.17, 15) is 9.59 Å². The van der Waals surface area contributed by atoms with Gasteiger partial charge in [0.25, 0.3) is 11.1 Å². The number of methoxy groups -OCH3 is 1. The van der Waals surface area contributed by atoms with Gasteiger partial charge in [0, 0.05) is 0 Å². The Kier molecular flexibility index (Phi) is 3.85. The summed E-state index contributed by atoms with van der Waals surface area (Å²) in [7, 11) is 1.50. The van der Waals surface area contributed by atoms with Crippen molar-refractivity contribution in [2.24, 2.45) is 0 Å². The van der Waals surface area contributed by atoms with Crippen molar-refractivity contribution in [3.63, 3.8) is 0 Å². The Morgan fingerprint density at radius 1 is 1.12 bits per heavy atom. The Labute approximate surface area is 148 Å². The molecule has 7 heteroatoms. The second-order valence-electron chi connectivity index (χ2n) is 5.30. The van der Waals surface area contributed by atoms with Crippen LogP contribution >= 0.6 is 11.8 Å². The summed E-state index contributed by atoms with van der Waals surface area (Å²) < 4.78 is 15.9. The largest absolute Gasteiger partial charge is 0.495 e. The molecule has 0 N–H and O–H groups in total. The van der Waals surface area contributed by atoms with Gasteiger partial charge in [0.15, 0.2) is 11.5 Å². The number of imide groups is 1. The van der Waals surface area contributed by atoms with Crippen molar-refractivity contribution in [1.29, 1.82) is 0 Å². The van der Waals surface area contributed by atoms with Crippen LogP contribution in [0.25, 0.3) is 6.08 Å². The van der Waals surface area contributed by atoms with Gasteiger partial charge in [-0.25, -0.2) is 4.90 Å². The Bertz CT molecular complexity index is 908. The van der Waals surface area contributed by atoms with E-state index in [1.165, 1.54) is 7.11 Å². The van der Waals surface area contributed by atoms with Crippen molar-refractivity contribution in [1.82, 2.24) is 0 Å². The highest BCUT2D eigenvalue weighted by molar-refractivity contribution is 8.19. The van der Waals surface area contributed by atoms with E-state index in [0.717, 1.165) is 22.2 Å². The number of nitrogens with zero attached hydrogens (tertiary/aromatic N) is 1. The van der Waals surface area contributed by atoms with Gasteiger partial charge < -0.3 is 14.2 Å². The lowest BCUT2D eigenvalue weighted by Gasteiger charge is -2.15. The van der Waals surface area contributed by atoms with Crippen molar-refractivity contribution in [3.05, 3.63) is 52.9 Å². The zero-order chi connectivity index (χ0) is 17.4. The number of carbonyl (C=O) groups is 2. The molecule has 0 atom stereocenters. The molecule has 0 aromatic heterocycles. The molecule has 0 aliphatic carbocycles. The highest BCUT2D eigenvalue weighted by Gasteiger charge is 2.37. The number of hydrogen-bond donors (Lipinski definition) is 0. The maximum atomic E-state index is 12.7. The standard InChI is InChI=1S/C18H13NO5S/c1-22-13-5-3-2-4-12(13)19-17(20)16(25-18(19)21)9-11-6-7-14-15(8-11)24-10-23-14/h2-9H,10H2,1H3/b16-9-. The van der Waals surface area contributed by atoms with Crippen LogP contribution in [0.2, 0.25) is 0 Å². The maximum Gasteiger partial charge on any atom is 0.298 e. The van der Waals surface area contributed by atoms with E-state index in [0.29, 0.717) is 27.8 Å². The molecule has 0 radical (unpaired) electrons. The fourth-order valence-corrected chi connectivity index (χ4v) is 3.48. The lowest BCUT2D eigenvalue weighted by molar-refractivity contribution is -0.113. The highest BCUT2D eigenvalue weighted by atomic mass is 32.2. The Balaban J connectivity index is 1.67. The molecule has 25 heavy (non-hydrogen) atoms. The molecule has 0 saturated carbocycles. The zero-order valence-electron chi connectivity index (χ0n) is 13.2. The van der Waals surface area contributed by atoms with Crippen LogP contribution in [-0.4, -0.2) is 25.0 Å². The van der Waals surface area contributed by atoms with E-state index in [4.69, 9.17) is 14.2 Å². The number of rotatable bonds is 3. The predicted molar refractivity (Wildman–Crippen MR) is 94.0 cm³/mol. The number of fused-ring (bicyclic) bond motifs is 1. The number of hydrogen-bond acceptors (Lipinski definition) is 6. The van der Waals surface area contributed by atoms with Gasteiger partial charge in [-0.15, -0.1) is 0 Å². The first-order valence-electron chi connectivity index (χ1n) is 7.48. The van der Waals surface area contributed by atoms with Crippen molar-refractivity contribution in [2.45, 2.75) is 0 Å². The average Bonchev–Trinajstić information content (AvgIpc) is 3.19. The molecule has 126 valence electrons. The van der Waals surface area contributed by atoms with Crippen LogP contribution in [0.15, 0.2) is 47.4 Å². The summed E-state index contributed by atoms with van der Waals surface area (Å²) in [6.07, 6.45) is 1.67. The van der Waals surface area contributed by atoms with Crippen molar-refractivity contribution < 1.29 is 23.8 Å². The van der Waals surface area contributed by atoms with Crippen LogP contribution in [0.3, 0.4) is 0 Å². The fraction of sp³-hybridized carbons (Fsp3) is 0.111. The van der Waals surface area contributed by atoms with E-state index in [1.54, 1.807) is 42.5 Å². The molecule has 0 bridgehead atoms. The Morgan fingerprint density at radius 2 is 1.92 bits per heavy atom. The minimum Gasteiger partial charge on any atom is -0.495 e. The van der Waals surface area contributed by atoms with E-state index < -0.39 is 0 Å². The van der Waals surface area contributed by atoms with Gasteiger partial charge in [0.2, 0.25) is 6.79 Å². The lowest BCUT2D eigenvalue weighted by Crippen LogP contribution is -2.28. The molecular weight excluding hydrogens is 342 g/mol. The van der Waals surface area contributed by atoms with Gasteiger partial charge in [-0.2, -0.15) is 0 Å². The van der Waals surface area contributed by atoms with Crippen molar-refractivity contribution in [2.75, 3.05) is 18.8 Å². The van der Waals surface area contributed by atoms with Gasteiger partial charge in [0.05, 0.1) is 17.7 Å². The summed E-state index contributed by atoms with van der Waals surface area (Å²) in [6.45, 7) is 0.184. The molecule has 6 nitrogen and oxygen atoms in total. The lowest BCUT2D eigenvalue weighted by atomic mass is 10.2. The smallest absolute Gasteiger partial charge is 0.298 e. The van der Waals surface area contributed by atoms with Crippen molar-refractivity contribution in [3.8, 4) is 17.2 Å². The van der Waals surface area contributed by atoms with Gasteiger partial charge in [-0.3, -0.25) is 9.59 Å². The normalized spacial score (nSPS) is 17.5. The molecule has 2 aliphatic heterocycles. The molecule has 2 heterocycles. The van der Waals surface area contributed by atoms with Gasteiger partial charge in [-0.05, 0) is 47.7 Å². The highest BCUT2D eigenvalue weighted by Crippen LogP contribution is 2.40. The molecule has 2 aromatic carbocycles. The third-order valence-electron chi connectivity index (χ3n) is 3.81. The van der Waals surface area contributed by atoms with Crippen molar-refractivity contribution >= 4 is 34.7 Å². The first kappa shape index (κ1) is 15.6. The molecule has 0 spiro atoms. The molecule has 1 saturated heterocycles. The van der Waals surface area contributed by atoms with E-state index in [1.807, 2.05) is 6.07 Å². The van der Waals surface area contributed by atoms with Crippen LogP contribution < -0.4 is 19.1 Å². The van der Waals surface area contributed by atoms with E-state index in [2.05, 4.69) is 0 Å². The van der Waals surface area contributed by atoms with Gasteiger partial charge >= 0.3 is 0 Å². The Hall–Kier alpha value is -2.93. The quantitative estimate of drug-likeness (QED) is 0.783. The molecule has 2 aliphatic rings. The summed E-state index contributed by atoms with van der Waals surface area (Å²) in [5, 5.41) is -0.360. The maximum absolute atomic E-state index is 12.7. The average molecular weight is 355 g/mol. The summed E-state index contributed by atoms with van der Waals surface area (Å²) in [4.78, 5) is 26.6. The van der Waals surface area contributed by atoms with Gasteiger partial charge in [-0.1, -0.05) is 18.2 Å². The predicted octanol–water partition coefficient (Wildman–Crippen LogP) is 3.66. The number of thioether (sulfide) groups is 1. The number of anilines is 1. The molecule has 4 rings (SSSR count). The van der Waals surface area contributed by atoms with E-state index in [-0.39, 0.29) is 17.9 Å². The monoisotopic (exact) mass is 355 g/mol. The van der Waals surface area contributed by atoms with Crippen LogP contribution in [0.5, 0.6) is 17.2 Å². The molecule has 2 amide bonds. The molecule has 2 aromatic rings. The van der Waals surface area contributed by atoms with Gasteiger partial charge in [0.1, 0.15) is 5.75 Å². The molecule has 0 unspecified atom stereocenters. The second kappa shape index (κ2) is 6.18. The number of ether oxygens (including phenoxy) is 3. The number of amides is 2. The summed E-state index contributed by atoms with van der Waals surface area (Å²) in [5.41, 5.74) is 1.19. The Morgan fingerprint density at radius 3 is 2.76 bits per heavy atom. The van der Waals surface area contributed by atoms with Crippen LogP contribution in [0.4, 0.5) is 10.5 Å². The zero-order valence-corrected chi connectivity index (χ0v) is 14.0. The van der Waals surface area contributed by atoms with Crippen LogP contribution in [0.1, 0.15) is 5.56 Å².